The van der Waals surface area contributed by atoms with Crippen molar-refractivity contribution in [1.82, 2.24) is 19.4 Å². The van der Waals surface area contributed by atoms with Crippen LogP contribution in [0.1, 0.15) is 6.92 Å². The number of hydrogen-bond donors (Lipinski definition) is 0. The second-order valence-corrected chi connectivity index (χ2v) is 10.2. The van der Waals surface area contributed by atoms with E-state index in [2.05, 4.69) is 118 Å². The highest BCUT2D eigenvalue weighted by molar-refractivity contribution is 6.08. The Bertz CT molecular complexity index is 1720. The normalized spacial score (nSPS) is 15.5. The molecule has 0 saturated heterocycles. The molecule has 0 unspecified atom stereocenters. The molecule has 194 valence electrons. The molecular weight excluding hydrogens is 484 g/mol. The summed E-state index contributed by atoms with van der Waals surface area (Å²) in [6.07, 6.45) is 6.03. The molecular formula is C32H30N6O. The molecule has 5 aromatic rings. The van der Waals surface area contributed by atoms with Crippen molar-refractivity contribution < 1.29 is 4.74 Å². The standard InChI is InChI=1S/C32H30N6O/c1-23-32(38-30-15-5-4-13-28(30)29-14-8-16-33-31(29)38)35(3)22-37(23)25-10-7-12-27(20-25)39-26-11-6-9-24(19-26)36-18-17-34(2)21-36/h4-20H,21-22H2,1-3H3. The summed E-state index contributed by atoms with van der Waals surface area (Å²) in [7, 11) is 4.20. The van der Waals surface area contributed by atoms with Crippen molar-refractivity contribution in [3.8, 4) is 11.5 Å². The largest absolute Gasteiger partial charge is 0.457 e. The van der Waals surface area contributed by atoms with Gasteiger partial charge >= 0.3 is 0 Å². The van der Waals surface area contributed by atoms with Crippen LogP contribution in [0, 0.1) is 0 Å². The van der Waals surface area contributed by atoms with Crippen LogP contribution in [0.25, 0.3) is 27.8 Å². The zero-order valence-electron chi connectivity index (χ0n) is 22.3. The van der Waals surface area contributed by atoms with Crippen LogP contribution < -0.4 is 14.5 Å². The van der Waals surface area contributed by atoms with Crippen LogP contribution in [-0.4, -0.2) is 46.8 Å². The second-order valence-electron chi connectivity index (χ2n) is 10.2. The van der Waals surface area contributed by atoms with Crippen molar-refractivity contribution in [1.29, 1.82) is 0 Å². The van der Waals surface area contributed by atoms with Gasteiger partial charge in [0.2, 0.25) is 0 Å². The Hall–Kier alpha value is -4.91. The van der Waals surface area contributed by atoms with Gasteiger partial charge in [0, 0.05) is 67.0 Å². The molecule has 0 atom stereocenters. The minimum Gasteiger partial charge on any atom is -0.457 e. The minimum absolute atomic E-state index is 0.732. The molecule has 0 radical (unpaired) electrons. The van der Waals surface area contributed by atoms with Crippen LogP contribution in [-0.2, 0) is 0 Å². The Morgan fingerprint density at radius 2 is 1.49 bits per heavy atom. The van der Waals surface area contributed by atoms with E-state index in [1.807, 2.05) is 30.5 Å². The number of hydrogen-bond acceptors (Lipinski definition) is 6. The predicted molar refractivity (Wildman–Crippen MR) is 158 cm³/mol. The number of allylic oxidation sites excluding steroid dienone is 1. The van der Waals surface area contributed by atoms with Gasteiger partial charge in [-0.1, -0.05) is 30.3 Å². The average molecular weight is 515 g/mol. The molecule has 2 aliphatic heterocycles. The Morgan fingerprint density at radius 1 is 0.744 bits per heavy atom. The molecule has 0 spiro atoms. The van der Waals surface area contributed by atoms with E-state index in [4.69, 9.17) is 9.72 Å². The lowest BCUT2D eigenvalue weighted by molar-refractivity contribution is 0.479. The summed E-state index contributed by atoms with van der Waals surface area (Å²) in [4.78, 5) is 13.7. The number of aromatic nitrogens is 2. The number of fused-ring (bicyclic) bond motifs is 3. The fourth-order valence-corrected chi connectivity index (χ4v) is 5.67. The van der Waals surface area contributed by atoms with Crippen LogP contribution in [0.4, 0.5) is 11.4 Å². The molecule has 0 fully saturated rings. The molecule has 7 nitrogen and oxygen atoms in total. The summed E-state index contributed by atoms with van der Waals surface area (Å²) < 4.78 is 8.63. The zero-order chi connectivity index (χ0) is 26.5. The maximum atomic E-state index is 6.35. The lowest BCUT2D eigenvalue weighted by atomic mass is 10.2. The van der Waals surface area contributed by atoms with Crippen LogP contribution >= 0.6 is 0 Å². The van der Waals surface area contributed by atoms with Crippen molar-refractivity contribution in [2.75, 3.05) is 37.2 Å². The maximum Gasteiger partial charge on any atom is 0.146 e. The van der Waals surface area contributed by atoms with Gasteiger partial charge in [-0.2, -0.15) is 0 Å². The number of ether oxygens (including phenoxy) is 1. The molecule has 2 aromatic heterocycles. The third-order valence-corrected chi connectivity index (χ3v) is 7.48. The smallest absolute Gasteiger partial charge is 0.146 e. The number of nitrogens with zero attached hydrogens (tertiary/aromatic N) is 6. The van der Waals surface area contributed by atoms with Crippen LogP contribution in [0.5, 0.6) is 11.5 Å². The average Bonchev–Trinajstić information content (AvgIpc) is 3.62. The molecule has 0 N–H and O–H groups in total. The first kappa shape index (κ1) is 23.2. The third kappa shape index (κ3) is 3.94. The fraction of sp³-hybridized carbons (Fsp3) is 0.156. The molecule has 0 amide bonds. The van der Waals surface area contributed by atoms with Crippen LogP contribution in [0.2, 0.25) is 0 Å². The first-order valence-corrected chi connectivity index (χ1v) is 13.1. The number of anilines is 2. The molecule has 2 aliphatic rings. The van der Waals surface area contributed by atoms with Crippen LogP contribution in [0.15, 0.2) is 109 Å². The Morgan fingerprint density at radius 3 is 2.28 bits per heavy atom. The summed E-state index contributed by atoms with van der Waals surface area (Å²) in [6, 6.07) is 29.2. The second kappa shape index (κ2) is 9.13. The quantitative estimate of drug-likeness (QED) is 0.259. The molecule has 0 saturated carbocycles. The number of benzene rings is 3. The molecule has 7 heteroatoms. The number of rotatable bonds is 5. The summed E-state index contributed by atoms with van der Waals surface area (Å²) in [5, 5.41) is 2.37. The Labute approximate surface area is 228 Å². The van der Waals surface area contributed by atoms with Gasteiger partial charge in [0.1, 0.15) is 23.0 Å². The van der Waals surface area contributed by atoms with E-state index in [1.54, 1.807) is 0 Å². The van der Waals surface area contributed by atoms with Gasteiger partial charge < -0.3 is 24.3 Å². The lowest BCUT2D eigenvalue weighted by Crippen LogP contribution is -2.25. The van der Waals surface area contributed by atoms with E-state index < -0.39 is 0 Å². The van der Waals surface area contributed by atoms with Crippen molar-refractivity contribution in [2.24, 2.45) is 0 Å². The molecule has 3 aromatic carbocycles. The summed E-state index contributed by atoms with van der Waals surface area (Å²) in [6.45, 7) is 3.74. The van der Waals surface area contributed by atoms with E-state index in [0.717, 1.165) is 64.3 Å². The maximum absolute atomic E-state index is 6.35. The highest BCUT2D eigenvalue weighted by atomic mass is 16.5. The SMILES string of the molecule is CC1=C(n2c3ccccc3c3cccnc32)N(C)CN1c1cccc(Oc2cccc(N3C=CN(C)C3)c2)c1. The predicted octanol–water partition coefficient (Wildman–Crippen LogP) is 6.72. The highest BCUT2D eigenvalue weighted by Crippen LogP contribution is 2.38. The first-order valence-electron chi connectivity index (χ1n) is 13.1. The van der Waals surface area contributed by atoms with Crippen molar-refractivity contribution in [3.63, 3.8) is 0 Å². The van der Waals surface area contributed by atoms with Crippen molar-refractivity contribution >= 4 is 39.1 Å². The molecule has 4 heterocycles. The van der Waals surface area contributed by atoms with Crippen molar-refractivity contribution in [3.05, 3.63) is 109 Å². The van der Waals surface area contributed by atoms with Gasteiger partial charge in [0.25, 0.3) is 0 Å². The third-order valence-electron chi connectivity index (χ3n) is 7.48. The van der Waals surface area contributed by atoms with Crippen molar-refractivity contribution in [2.45, 2.75) is 6.92 Å². The highest BCUT2D eigenvalue weighted by Gasteiger charge is 2.29. The summed E-state index contributed by atoms with van der Waals surface area (Å²) in [5.41, 5.74) is 5.48. The Balaban J connectivity index is 1.23. The topological polar surface area (TPSA) is 40.0 Å². The lowest BCUT2D eigenvalue weighted by Gasteiger charge is -2.22. The molecule has 0 bridgehead atoms. The Kier molecular flexibility index (Phi) is 5.44. The van der Waals surface area contributed by atoms with Gasteiger partial charge in [-0.3, -0.25) is 4.57 Å². The minimum atomic E-state index is 0.732. The molecule has 39 heavy (non-hydrogen) atoms. The van der Waals surface area contributed by atoms with Gasteiger partial charge in [0.05, 0.1) is 24.6 Å². The monoisotopic (exact) mass is 514 g/mol. The van der Waals surface area contributed by atoms with E-state index in [-0.39, 0.29) is 0 Å². The summed E-state index contributed by atoms with van der Waals surface area (Å²) in [5.74, 6) is 2.75. The number of para-hydroxylation sites is 1. The van der Waals surface area contributed by atoms with E-state index in [1.165, 1.54) is 5.39 Å². The van der Waals surface area contributed by atoms with E-state index in [9.17, 15) is 0 Å². The van der Waals surface area contributed by atoms with Gasteiger partial charge in [-0.05, 0) is 49.4 Å². The van der Waals surface area contributed by atoms with E-state index in [0.29, 0.717) is 0 Å². The summed E-state index contributed by atoms with van der Waals surface area (Å²) >= 11 is 0. The molecule has 7 rings (SSSR count). The van der Waals surface area contributed by atoms with Gasteiger partial charge in [-0.15, -0.1) is 0 Å². The molecule has 0 aliphatic carbocycles. The number of pyridine rings is 1. The van der Waals surface area contributed by atoms with Crippen LogP contribution in [0.3, 0.4) is 0 Å². The zero-order valence-corrected chi connectivity index (χ0v) is 22.3. The van der Waals surface area contributed by atoms with E-state index >= 15 is 0 Å². The fourth-order valence-electron chi connectivity index (χ4n) is 5.67. The van der Waals surface area contributed by atoms with Gasteiger partial charge in [0.15, 0.2) is 0 Å². The first-order chi connectivity index (χ1) is 19.1. The van der Waals surface area contributed by atoms with Gasteiger partial charge in [-0.25, -0.2) is 4.98 Å².